The normalized spacial score (nSPS) is 14.5. The molecule has 3 N–H and O–H groups in total. The van der Waals surface area contributed by atoms with Crippen LogP contribution in [-0.4, -0.2) is 49.9 Å². The van der Waals surface area contributed by atoms with Gasteiger partial charge in [0.1, 0.15) is 6.10 Å². The van der Waals surface area contributed by atoms with Crippen LogP contribution in [-0.2, 0) is 27.9 Å². The van der Waals surface area contributed by atoms with Gasteiger partial charge in [-0.15, -0.1) is 0 Å². The minimum atomic E-state index is -4.26. The van der Waals surface area contributed by atoms with E-state index in [2.05, 4.69) is 62.5 Å². The zero-order chi connectivity index (χ0) is 31.0. The number of phosphoric ester groups is 1. The van der Waals surface area contributed by atoms with Crippen molar-refractivity contribution in [2.45, 2.75) is 123 Å². The number of hydrogen-bond acceptors (Lipinski definition) is 7. The number of esters is 1. The van der Waals surface area contributed by atoms with Gasteiger partial charge in [-0.3, -0.25) is 13.8 Å². The molecule has 0 spiro atoms. The highest BCUT2D eigenvalue weighted by molar-refractivity contribution is 7.47. The van der Waals surface area contributed by atoms with E-state index < -0.39 is 13.9 Å². The molecule has 2 atom stereocenters. The van der Waals surface area contributed by atoms with Crippen molar-refractivity contribution in [3.8, 4) is 0 Å². The molecule has 0 fully saturated rings. The van der Waals surface area contributed by atoms with Gasteiger partial charge in [-0.2, -0.15) is 0 Å². The Hall–Kier alpha value is -1.54. The Bertz CT molecular complexity index is 782. The second kappa shape index (κ2) is 30.9. The van der Waals surface area contributed by atoms with Crippen LogP contribution in [0, 0.1) is 0 Å². The van der Waals surface area contributed by atoms with E-state index in [4.69, 9.17) is 24.3 Å². The van der Waals surface area contributed by atoms with E-state index in [-0.39, 0.29) is 32.3 Å². The molecule has 0 aromatic rings. The molecule has 0 saturated heterocycles. The molecule has 2 unspecified atom stereocenters. The molecule has 0 heterocycles. The summed E-state index contributed by atoms with van der Waals surface area (Å²) < 4.78 is 32.9. The SMILES string of the molecule is CC/C=C\C/C=C\C/C=C\C/C=C\CCCCCCC(=O)OC(COCCCCCCCC)COP(=O)(O)OCCN. The van der Waals surface area contributed by atoms with Gasteiger partial charge in [0.25, 0.3) is 0 Å². The zero-order valence-electron chi connectivity index (χ0n) is 26.5. The molecule has 0 aliphatic carbocycles. The highest BCUT2D eigenvalue weighted by Gasteiger charge is 2.25. The number of allylic oxidation sites excluding steroid dienone is 8. The molecule has 0 radical (unpaired) electrons. The minimum absolute atomic E-state index is 0.0944. The fraction of sp³-hybridized carbons (Fsp3) is 0.727. The first-order chi connectivity index (χ1) is 20.4. The van der Waals surface area contributed by atoms with Crippen LogP contribution in [0.3, 0.4) is 0 Å². The molecule has 8 nitrogen and oxygen atoms in total. The van der Waals surface area contributed by atoms with E-state index in [1.54, 1.807) is 0 Å². The molecular weight excluding hydrogens is 553 g/mol. The van der Waals surface area contributed by atoms with Gasteiger partial charge in [-0.25, -0.2) is 4.57 Å². The number of unbranched alkanes of at least 4 members (excludes halogenated alkanes) is 9. The zero-order valence-corrected chi connectivity index (χ0v) is 27.4. The Kier molecular flexibility index (Phi) is 29.8. The van der Waals surface area contributed by atoms with Crippen molar-refractivity contribution in [2.75, 3.05) is 33.0 Å². The molecule has 244 valence electrons. The predicted octanol–water partition coefficient (Wildman–Crippen LogP) is 8.51. The van der Waals surface area contributed by atoms with Gasteiger partial charge in [0, 0.05) is 19.6 Å². The summed E-state index contributed by atoms with van der Waals surface area (Å²) in [5, 5.41) is 0. The second-order valence-electron chi connectivity index (χ2n) is 10.3. The van der Waals surface area contributed by atoms with Crippen LogP contribution in [0.1, 0.15) is 117 Å². The number of carbonyl (C=O) groups is 1. The molecular formula is C33H60NO7P. The lowest BCUT2D eigenvalue weighted by Crippen LogP contribution is -2.28. The number of phosphoric acid groups is 1. The molecule has 0 bridgehead atoms. The van der Waals surface area contributed by atoms with Crippen LogP contribution in [0.2, 0.25) is 0 Å². The number of nitrogens with two attached hydrogens (primary N) is 1. The van der Waals surface area contributed by atoms with Crippen molar-refractivity contribution in [3.63, 3.8) is 0 Å². The molecule has 0 amide bonds. The number of rotatable bonds is 30. The molecule has 42 heavy (non-hydrogen) atoms. The van der Waals surface area contributed by atoms with Gasteiger partial charge < -0.3 is 20.1 Å². The summed E-state index contributed by atoms with van der Waals surface area (Å²) in [5.74, 6) is -0.360. The Balaban J connectivity index is 4.15. The van der Waals surface area contributed by atoms with Gasteiger partial charge in [0.2, 0.25) is 0 Å². The van der Waals surface area contributed by atoms with Gasteiger partial charge >= 0.3 is 13.8 Å². The van der Waals surface area contributed by atoms with Crippen molar-refractivity contribution in [3.05, 3.63) is 48.6 Å². The van der Waals surface area contributed by atoms with Gasteiger partial charge in [0.15, 0.2) is 0 Å². The molecule has 0 aliphatic rings. The van der Waals surface area contributed by atoms with Crippen LogP contribution in [0.5, 0.6) is 0 Å². The summed E-state index contributed by atoms with van der Waals surface area (Å²) in [6.07, 6.45) is 32.8. The van der Waals surface area contributed by atoms with Crippen molar-refractivity contribution < 1.29 is 32.8 Å². The van der Waals surface area contributed by atoms with Crippen LogP contribution in [0.25, 0.3) is 0 Å². The molecule has 9 heteroatoms. The summed E-state index contributed by atoms with van der Waals surface area (Å²) in [6.45, 7) is 4.69. The maximum Gasteiger partial charge on any atom is 0.472 e. The Morgan fingerprint density at radius 3 is 2.00 bits per heavy atom. The van der Waals surface area contributed by atoms with E-state index in [0.717, 1.165) is 70.6 Å². The maximum atomic E-state index is 12.4. The molecule has 0 aliphatic heterocycles. The molecule has 0 rings (SSSR count). The quantitative estimate of drug-likeness (QED) is 0.0358. The van der Waals surface area contributed by atoms with Crippen molar-refractivity contribution in [1.29, 1.82) is 0 Å². The maximum absolute atomic E-state index is 12.4. The first-order valence-corrected chi connectivity index (χ1v) is 17.6. The smallest absolute Gasteiger partial charge is 0.457 e. The summed E-state index contributed by atoms with van der Waals surface area (Å²) >= 11 is 0. The topological polar surface area (TPSA) is 117 Å². The lowest BCUT2D eigenvalue weighted by atomic mass is 10.1. The fourth-order valence-electron chi connectivity index (χ4n) is 3.93. The van der Waals surface area contributed by atoms with Crippen molar-refractivity contribution in [1.82, 2.24) is 0 Å². The summed E-state index contributed by atoms with van der Waals surface area (Å²) in [6, 6.07) is 0. The highest BCUT2D eigenvalue weighted by Crippen LogP contribution is 2.43. The summed E-state index contributed by atoms with van der Waals surface area (Å²) in [4.78, 5) is 22.2. The third kappa shape index (κ3) is 29.9. The molecule has 0 aromatic carbocycles. The molecule has 0 aromatic heterocycles. The number of ether oxygens (including phenoxy) is 2. The average molecular weight is 614 g/mol. The lowest BCUT2D eigenvalue weighted by molar-refractivity contribution is -0.154. The van der Waals surface area contributed by atoms with E-state index in [0.29, 0.717) is 13.0 Å². The number of carbonyl (C=O) groups excluding carboxylic acids is 1. The van der Waals surface area contributed by atoms with Crippen LogP contribution >= 0.6 is 7.82 Å². The Morgan fingerprint density at radius 2 is 1.33 bits per heavy atom. The highest BCUT2D eigenvalue weighted by atomic mass is 31.2. The van der Waals surface area contributed by atoms with E-state index >= 15 is 0 Å². The third-order valence-electron chi connectivity index (χ3n) is 6.26. The minimum Gasteiger partial charge on any atom is -0.457 e. The van der Waals surface area contributed by atoms with Crippen LogP contribution in [0.15, 0.2) is 48.6 Å². The Labute approximate surface area is 256 Å². The lowest BCUT2D eigenvalue weighted by Gasteiger charge is -2.20. The molecule has 0 saturated carbocycles. The van der Waals surface area contributed by atoms with Gasteiger partial charge in [-0.05, 0) is 51.4 Å². The Morgan fingerprint density at radius 1 is 0.738 bits per heavy atom. The van der Waals surface area contributed by atoms with Crippen molar-refractivity contribution >= 4 is 13.8 Å². The van der Waals surface area contributed by atoms with Crippen molar-refractivity contribution in [2.24, 2.45) is 5.73 Å². The average Bonchev–Trinajstić information content (AvgIpc) is 2.97. The van der Waals surface area contributed by atoms with E-state index in [1.165, 1.54) is 25.7 Å². The largest absolute Gasteiger partial charge is 0.472 e. The first-order valence-electron chi connectivity index (χ1n) is 16.1. The standard InChI is InChI=1S/C33H60NO7P/c1-3-5-7-9-11-12-13-14-15-16-17-18-19-20-21-22-24-26-33(35)41-32(31-40-42(36,37)39-29-27-34)30-38-28-25-23-10-8-6-4-2/h5,7,11-12,14-15,17-18,32H,3-4,6,8-10,13,16,19-31,34H2,1-2H3,(H,36,37)/b7-5-,12-11-,15-14-,18-17-. The van der Waals surface area contributed by atoms with Gasteiger partial charge in [0.05, 0.1) is 19.8 Å². The van der Waals surface area contributed by atoms with Crippen LogP contribution < -0.4 is 5.73 Å². The summed E-state index contributed by atoms with van der Waals surface area (Å²) in [7, 11) is -4.26. The van der Waals surface area contributed by atoms with Gasteiger partial charge in [-0.1, -0.05) is 107 Å². The third-order valence-corrected chi connectivity index (χ3v) is 7.24. The summed E-state index contributed by atoms with van der Waals surface area (Å²) in [5.41, 5.74) is 5.32. The van der Waals surface area contributed by atoms with E-state index in [9.17, 15) is 14.3 Å². The fourth-order valence-corrected chi connectivity index (χ4v) is 4.69. The second-order valence-corrected chi connectivity index (χ2v) is 11.7. The monoisotopic (exact) mass is 613 g/mol. The van der Waals surface area contributed by atoms with E-state index in [1.807, 2.05) is 0 Å². The first kappa shape index (κ1) is 40.5. The predicted molar refractivity (Wildman–Crippen MR) is 173 cm³/mol. The van der Waals surface area contributed by atoms with Crippen LogP contribution in [0.4, 0.5) is 0 Å². The number of hydrogen-bond donors (Lipinski definition) is 2.